The average Bonchev–Trinajstić information content (AvgIpc) is 3.14. The van der Waals surface area contributed by atoms with E-state index in [4.69, 9.17) is 4.98 Å². The number of benzene rings is 1. The van der Waals surface area contributed by atoms with Gasteiger partial charge in [-0.1, -0.05) is 0 Å². The largest absolute Gasteiger partial charge is 0.306 e. The normalized spacial score (nSPS) is 15.8. The topological polar surface area (TPSA) is 46.3 Å². The van der Waals surface area contributed by atoms with Gasteiger partial charge in [-0.2, -0.15) is 0 Å². The maximum absolute atomic E-state index is 13.5. The second-order valence-electron chi connectivity index (χ2n) is 7.68. The SMILES string of the molecule is CN1CCC(c2ccn3c(-c4ccncn4)c(-c4ccc(F)cc4)nc3c2)CC1. The zero-order chi connectivity index (χ0) is 19.8. The van der Waals surface area contributed by atoms with Crippen molar-refractivity contribution in [3.8, 4) is 22.6 Å². The van der Waals surface area contributed by atoms with Gasteiger partial charge < -0.3 is 4.90 Å². The Morgan fingerprint density at radius 1 is 1.03 bits per heavy atom. The van der Waals surface area contributed by atoms with Crippen molar-refractivity contribution < 1.29 is 4.39 Å². The molecule has 4 heterocycles. The summed E-state index contributed by atoms with van der Waals surface area (Å²) in [6.07, 6.45) is 7.67. The molecule has 6 heteroatoms. The highest BCUT2D eigenvalue weighted by atomic mass is 19.1. The molecule has 1 saturated heterocycles. The highest BCUT2D eigenvalue weighted by Gasteiger charge is 2.21. The van der Waals surface area contributed by atoms with Crippen LogP contribution < -0.4 is 0 Å². The van der Waals surface area contributed by atoms with Crippen molar-refractivity contribution >= 4 is 5.65 Å². The first kappa shape index (κ1) is 17.9. The molecule has 29 heavy (non-hydrogen) atoms. The Morgan fingerprint density at radius 3 is 2.55 bits per heavy atom. The molecule has 1 aliphatic rings. The number of hydrogen-bond acceptors (Lipinski definition) is 4. The third-order valence-electron chi connectivity index (χ3n) is 5.78. The summed E-state index contributed by atoms with van der Waals surface area (Å²) in [5.41, 5.74) is 5.56. The fourth-order valence-electron chi connectivity index (χ4n) is 4.14. The summed E-state index contributed by atoms with van der Waals surface area (Å²) in [5, 5.41) is 0. The molecule has 0 radical (unpaired) electrons. The summed E-state index contributed by atoms with van der Waals surface area (Å²) in [6.45, 7) is 2.24. The third-order valence-corrected chi connectivity index (χ3v) is 5.78. The van der Waals surface area contributed by atoms with Crippen molar-refractivity contribution in [2.75, 3.05) is 20.1 Å². The van der Waals surface area contributed by atoms with E-state index in [1.165, 1.54) is 24.0 Å². The second kappa shape index (κ2) is 7.37. The Kier molecular flexibility index (Phi) is 4.56. The predicted molar refractivity (Wildman–Crippen MR) is 111 cm³/mol. The van der Waals surface area contributed by atoms with E-state index in [2.05, 4.69) is 44.6 Å². The van der Waals surface area contributed by atoms with Crippen LogP contribution in [-0.4, -0.2) is 44.4 Å². The standard InChI is InChI=1S/C23H22FN5/c1-28-11-7-16(8-12-28)18-9-13-29-21(14-18)27-22(17-2-4-19(24)5-3-17)23(29)20-6-10-25-15-26-20/h2-6,9-10,13-16H,7-8,11-12H2,1H3. The van der Waals surface area contributed by atoms with Crippen molar-refractivity contribution in [2.24, 2.45) is 0 Å². The number of hydrogen-bond donors (Lipinski definition) is 0. The van der Waals surface area contributed by atoms with E-state index in [9.17, 15) is 4.39 Å². The number of piperidine rings is 1. The van der Waals surface area contributed by atoms with Gasteiger partial charge in [0.25, 0.3) is 0 Å². The molecule has 1 aliphatic heterocycles. The zero-order valence-corrected chi connectivity index (χ0v) is 16.3. The number of rotatable bonds is 3. The first-order valence-electron chi connectivity index (χ1n) is 9.92. The molecule has 3 aromatic heterocycles. The molecule has 0 atom stereocenters. The lowest BCUT2D eigenvalue weighted by molar-refractivity contribution is 0.255. The third kappa shape index (κ3) is 3.40. The molecule has 0 aliphatic carbocycles. The van der Waals surface area contributed by atoms with Gasteiger partial charge >= 0.3 is 0 Å². The van der Waals surface area contributed by atoms with Crippen LogP contribution in [0.3, 0.4) is 0 Å². The van der Waals surface area contributed by atoms with Gasteiger partial charge in [-0.3, -0.25) is 4.40 Å². The van der Waals surface area contributed by atoms with Gasteiger partial charge in [0.05, 0.1) is 17.1 Å². The molecular weight excluding hydrogens is 365 g/mol. The number of aromatic nitrogens is 4. The Morgan fingerprint density at radius 2 is 1.83 bits per heavy atom. The fraction of sp³-hybridized carbons (Fsp3) is 0.261. The molecule has 1 fully saturated rings. The molecule has 0 N–H and O–H groups in total. The minimum absolute atomic E-state index is 0.259. The average molecular weight is 387 g/mol. The highest BCUT2D eigenvalue weighted by molar-refractivity contribution is 5.80. The van der Waals surface area contributed by atoms with Gasteiger partial charge in [0, 0.05) is 18.0 Å². The highest BCUT2D eigenvalue weighted by Crippen LogP contribution is 2.34. The quantitative estimate of drug-likeness (QED) is 0.523. The van der Waals surface area contributed by atoms with Crippen LogP contribution in [0.15, 0.2) is 61.2 Å². The number of likely N-dealkylation sites (tertiary alicyclic amines) is 1. The summed E-state index contributed by atoms with van der Waals surface area (Å²) in [7, 11) is 2.18. The van der Waals surface area contributed by atoms with Crippen molar-refractivity contribution in [2.45, 2.75) is 18.8 Å². The van der Waals surface area contributed by atoms with Crippen molar-refractivity contribution in [1.82, 2.24) is 24.3 Å². The first-order valence-corrected chi connectivity index (χ1v) is 9.92. The summed E-state index contributed by atoms with van der Waals surface area (Å²) >= 11 is 0. The summed E-state index contributed by atoms with van der Waals surface area (Å²) in [5.74, 6) is 0.301. The molecule has 0 spiro atoms. The first-order chi connectivity index (χ1) is 14.2. The van der Waals surface area contributed by atoms with E-state index in [-0.39, 0.29) is 5.82 Å². The van der Waals surface area contributed by atoms with Gasteiger partial charge in [0.15, 0.2) is 0 Å². The lowest BCUT2D eigenvalue weighted by Gasteiger charge is -2.29. The number of halogens is 1. The van der Waals surface area contributed by atoms with Crippen LogP contribution in [0.4, 0.5) is 4.39 Å². The lowest BCUT2D eigenvalue weighted by Crippen LogP contribution is -2.29. The van der Waals surface area contributed by atoms with Crippen LogP contribution >= 0.6 is 0 Å². The summed E-state index contributed by atoms with van der Waals surface area (Å²) in [4.78, 5) is 15.8. The minimum atomic E-state index is -0.259. The summed E-state index contributed by atoms with van der Waals surface area (Å²) in [6, 6.07) is 12.7. The van der Waals surface area contributed by atoms with E-state index in [0.29, 0.717) is 5.92 Å². The number of pyridine rings is 1. The maximum atomic E-state index is 13.5. The molecular formula is C23H22FN5. The van der Waals surface area contributed by atoms with E-state index in [0.717, 1.165) is 54.2 Å². The molecule has 0 amide bonds. The fourth-order valence-corrected chi connectivity index (χ4v) is 4.14. The Hall–Kier alpha value is -3.12. The minimum Gasteiger partial charge on any atom is -0.306 e. The van der Waals surface area contributed by atoms with Gasteiger partial charge in [0.2, 0.25) is 0 Å². The Bertz CT molecular complexity index is 1130. The van der Waals surface area contributed by atoms with Gasteiger partial charge in [-0.05, 0) is 86.9 Å². The molecule has 1 aromatic carbocycles. The molecule has 0 saturated carbocycles. The number of nitrogens with zero attached hydrogens (tertiary/aromatic N) is 5. The van der Waals surface area contributed by atoms with Gasteiger partial charge in [-0.25, -0.2) is 19.3 Å². The Balaban J connectivity index is 1.65. The van der Waals surface area contributed by atoms with Crippen LogP contribution in [0.25, 0.3) is 28.3 Å². The lowest BCUT2D eigenvalue weighted by atomic mass is 9.90. The molecule has 146 valence electrons. The second-order valence-corrected chi connectivity index (χ2v) is 7.68. The Labute approximate surface area is 168 Å². The van der Waals surface area contributed by atoms with Crippen LogP contribution in [0, 0.1) is 5.82 Å². The summed E-state index contributed by atoms with van der Waals surface area (Å²) < 4.78 is 15.5. The maximum Gasteiger partial charge on any atom is 0.138 e. The smallest absolute Gasteiger partial charge is 0.138 e. The molecule has 5 nitrogen and oxygen atoms in total. The monoisotopic (exact) mass is 387 g/mol. The molecule has 0 bridgehead atoms. The van der Waals surface area contributed by atoms with E-state index < -0.39 is 0 Å². The van der Waals surface area contributed by atoms with Gasteiger partial charge in [-0.15, -0.1) is 0 Å². The van der Waals surface area contributed by atoms with Crippen LogP contribution in [0.5, 0.6) is 0 Å². The van der Waals surface area contributed by atoms with E-state index >= 15 is 0 Å². The molecule has 0 unspecified atom stereocenters. The van der Waals surface area contributed by atoms with E-state index in [1.54, 1.807) is 18.3 Å². The van der Waals surface area contributed by atoms with Crippen molar-refractivity contribution in [1.29, 1.82) is 0 Å². The van der Waals surface area contributed by atoms with Gasteiger partial charge in [0.1, 0.15) is 17.8 Å². The van der Waals surface area contributed by atoms with Crippen LogP contribution in [0.2, 0.25) is 0 Å². The number of fused-ring (bicyclic) bond motifs is 1. The van der Waals surface area contributed by atoms with Crippen molar-refractivity contribution in [3.05, 3.63) is 72.6 Å². The molecule has 5 rings (SSSR count). The van der Waals surface area contributed by atoms with Crippen LogP contribution in [-0.2, 0) is 0 Å². The zero-order valence-electron chi connectivity index (χ0n) is 16.3. The van der Waals surface area contributed by atoms with Crippen molar-refractivity contribution in [3.63, 3.8) is 0 Å². The predicted octanol–water partition coefficient (Wildman–Crippen LogP) is 4.41. The van der Waals surface area contributed by atoms with E-state index in [1.807, 2.05) is 6.07 Å². The number of imidazole rings is 1. The molecule has 4 aromatic rings. The van der Waals surface area contributed by atoms with Crippen LogP contribution in [0.1, 0.15) is 24.3 Å².